The molecule has 1 heterocycles. The predicted molar refractivity (Wildman–Crippen MR) is 72.8 cm³/mol. The number of aryl methyl sites for hydroxylation is 1. The van der Waals surface area contributed by atoms with Crippen LogP contribution in [-0.4, -0.2) is 4.57 Å². The van der Waals surface area contributed by atoms with Crippen LogP contribution in [0, 0.1) is 12.7 Å². The van der Waals surface area contributed by atoms with Gasteiger partial charge in [-0.1, -0.05) is 26.0 Å². The molecule has 0 radical (unpaired) electrons. The van der Waals surface area contributed by atoms with E-state index in [4.69, 9.17) is 0 Å². The maximum absolute atomic E-state index is 13.4. The monoisotopic (exact) mass is 233 g/mol. The molecule has 0 amide bonds. The molecule has 0 spiro atoms. The third kappa shape index (κ3) is 2.96. The van der Waals surface area contributed by atoms with Crippen molar-refractivity contribution in [3.8, 4) is 0 Å². The Balaban J connectivity index is 0.000000686. The normalized spacial score (nSPS) is 9.94. The molecular weight excluding hydrogens is 213 g/mol. The van der Waals surface area contributed by atoms with E-state index in [0.29, 0.717) is 5.56 Å². The van der Waals surface area contributed by atoms with Gasteiger partial charge < -0.3 is 4.57 Å². The van der Waals surface area contributed by atoms with Crippen LogP contribution < -0.4 is 0 Å². The number of hydrogen-bond acceptors (Lipinski definition) is 0. The highest BCUT2D eigenvalue weighted by molar-refractivity contribution is 5.81. The summed E-state index contributed by atoms with van der Waals surface area (Å²) in [5.41, 5.74) is 2.69. The Hall–Kier alpha value is -1.57. The topological polar surface area (TPSA) is 4.93 Å². The lowest BCUT2D eigenvalue weighted by Gasteiger charge is -2.05. The van der Waals surface area contributed by atoms with Crippen molar-refractivity contribution in [1.82, 2.24) is 4.57 Å². The summed E-state index contributed by atoms with van der Waals surface area (Å²) in [6.07, 6.45) is 1.97. The van der Waals surface area contributed by atoms with Gasteiger partial charge in [0.25, 0.3) is 0 Å². The Kier molecular flexibility index (Phi) is 4.50. The van der Waals surface area contributed by atoms with Crippen molar-refractivity contribution in [3.63, 3.8) is 0 Å². The van der Waals surface area contributed by atoms with Gasteiger partial charge in [-0.3, -0.25) is 0 Å². The molecule has 0 bridgehead atoms. The van der Waals surface area contributed by atoms with E-state index >= 15 is 0 Å². The van der Waals surface area contributed by atoms with Gasteiger partial charge in [-0.25, -0.2) is 4.39 Å². The second-order valence-electron chi connectivity index (χ2n) is 4.06. The SMILES string of the molecule is C=C(C)Cn1ccc2cc(C)c(F)cc21.CC. The van der Waals surface area contributed by atoms with Gasteiger partial charge >= 0.3 is 0 Å². The van der Waals surface area contributed by atoms with Gasteiger partial charge in [0.2, 0.25) is 0 Å². The van der Waals surface area contributed by atoms with Crippen LogP contribution in [0.15, 0.2) is 36.5 Å². The van der Waals surface area contributed by atoms with Gasteiger partial charge in [-0.2, -0.15) is 0 Å². The minimum Gasteiger partial charge on any atom is -0.343 e. The largest absolute Gasteiger partial charge is 0.343 e. The van der Waals surface area contributed by atoms with E-state index in [1.54, 1.807) is 13.0 Å². The van der Waals surface area contributed by atoms with E-state index in [-0.39, 0.29) is 5.82 Å². The van der Waals surface area contributed by atoms with Gasteiger partial charge in [0.05, 0.1) is 5.52 Å². The zero-order chi connectivity index (χ0) is 13.0. The maximum Gasteiger partial charge on any atom is 0.128 e. The Bertz CT molecular complexity index is 523. The average molecular weight is 233 g/mol. The molecule has 0 N–H and O–H groups in total. The highest BCUT2D eigenvalue weighted by atomic mass is 19.1. The molecule has 0 unspecified atom stereocenters. The van der Waals surface area contributed by atoms with Crippen LogP contribution in [0.4, 0.5) is 4.39 Å². The molecule has 0 saturated heterocycles. The van der Waals surface area contributed by atoms with E-state index in [0.717, 1.165) is 23.0 Å². The molecular formula is C15H20FN. The molecule has 0 atom stereocenters. The molecule has 2 rings (SSSR count). The highest BCUT2D eigenvalue weighted by Crippen LogP contribution is 2.20. The fraction of sp³-hybridized carbons (Fsp3) is 0.333. The third-order valence-electron chi connectivity index (χ3n) is 2.49. The van der Waals surface area contributed by atoms with Crippen molar-refractivity contribution in [2.75, 3.05) is 0 Å². The van der Waals surface area contributed by atoms with Crippen molar-refractivity contribution in [3.05, 3.63) is 47.9 Å². The first-order valence-corrected chi connectivity index (χ1v) is 5.97. The van der Waals surface area contributed by atoms with Crippen LogP contribution in [0.5, 0.6) is 0 Å². The Labute approximate surface area is 103 Å². The van der Waals surface area contributed by atoms with E-state index in [1.807, 2.05) is 43.7 Å². The molecule has 0 aliphatic carbocycles. The Morgan fingerprint density at radius 3 is 2.59 bits per heavy atom. The highest BCUT2D eigenvalue weighted by Gasteiger charge is 2.05. The number of hydrogen-bond donors (Lipinski definition) is 0. The van der Waals surface area contributed by atoms with Crippen molar-refractivity contribution < 1.29 is 4.39 Å². The molecule has 0 aliphatic rings. The molecule has 2 heteroatoms. The molecule has 0 fully saturated rings. The van der Waals surface area contributed by atoms with Crippen LogP contribution in [0.25, 0.3) is 10.9 Å². The minimum absolute atomic E-state index is 0.149. The molecule has 2 aromatic rings. The smallest absolute Gasteiger partial charge is 0.128 e. The molecule has 0 aliphatic heterocycles. The van der Waals surface area contributed by atoms with Gasteiger partial charge in [0.1, 0.15) is 5.82 Å². The number of halogens is 1. The quantitative estimate of drug-likeness (QED) is 0.663. The zero-order valence-corrected chi connectivity index (χ0v) is 11.0. The van der Waals surface area contributed by atoms with E-state index in [1.165, 1.54) is 0 Å². The lowest BCUT2D eigenvalue weighted by atomic mass is 10.1. The Morgan fingerprint density at radius 1 is 1.35 bits per heavy atom. The number of allylic oxidation sites excluding steroid dienone is 1. The zero-order valence-electron chi connectivity index (χ0n) is 11.0. The fourth-order valence-corrected chi connectivity index (χ4v) is 1.75. The minimum atomic E-state index is -0.149. The first-order chi connectivity index (χ1) is 8.08. The summed E-state index contributed by atoms with van der Waals surface area (Å²) in [4.78, 5) is 0. The summed E-state index contributed by atoms with van der Waals surface area (Å²) in [5, 5.41) is 1.08. The number of aromatic nitrogens is 1. The summed E-state index contributed by atoms with van der Waals surface area (Å²) >= 11 is 0. The van der Waals surface area contributed by atoms with Crippen LogP contribution in [-0.2, 0) is 6.54 Å². The van der Waals surface area contributed by atoms with Gasteiger partial charge in [-0.15, -0.1) is 0 Å². The molecule has 92 valence electrons. The predicted octanol–water partition coefficient (Wildman–Crippen LogP) is 4.69. The molecule has 0 saturated carbocycles. The summed E-state index contributed by atoms with van der Waals surface area (Å²) in [6.45, 7) is 12.4. The molecule has 1 nitrogen and oxygen atoms in total. The lowest BCUT2D eigenvalue weighted by Crippen LogP contribution is -1.96. The van der Waals surface area contributed by atoms with Gasteiger partial charge in [0, 0.05) is 18.1 Å². The summed E-state index contributed by atoms with van der Waals surface area (Å²) in [6, 6.07) is 5.47. The summed E-state index contributed by atoms with van der Waals surface area (Å²) < 4.78 is 15.4. The number of benzene rings is 1. The standard InChI is InChI=1S/C13H14FN.C2H6/c1-9(2)8-15-5-4-11-6-10(3)12(14)7-13(11)15;1-2/h4-7H,1,8H2,2-3H3;1-2H3. The van der Waals surface area contributed by atoms with E-state index in [2.05, 4.69) is 6.58 Å². The second kappa shape index (κ2) is 5.67. The average Bonchev–Trinajstić information content (AvgIpc) is 2.64. The summed E-state index contributed by atoms with van der Waals surface area (Å²) in [7, 11) is 0. The molecule has 1 aromatic heterocycles. The Morgan fingerprint density at radius 2 is 2.00 bits per heavy atom. The first-order valence-electron chi connectivity index (χ1n) is 5.97. The fourth-order valence-electron chi connectivity index (χ4n) is 1.75. The molecule has 1 aromatic carbocycles. The second-order valence-corrected chi connectivity index (χ2v) is 4.06. The van der Waals surface area contributed by atoms with Crippen LogP contribution in [0.2, 0.25) is 0 Å². The number of fused-ring (bicyclic) bond motifs is 1. The first kappa shape index (κ1) is 13.5. The van der Waals surface area contributed by atoms with Crippen molar-refractivity contribution in [1.29, 1.82) is 0 Å². The van der Waals surface area contributed by atoms with Crippen molar-refractivity contribution in [2.45, 2.75) is 34.2 Å². The van der Waals surface area contributed by atoms with Gasteiger partial charge in [0.15, 0.2) is 0 Å². The number of nitrogens with zero attached hydrogens (tertiary/aromatic N) is 1. The van der Waals surface area contributed by atoms with E-state index < -0.39 is 0 Å². The van der Waals surface area contributed by atoms with Crippen molar-refractivity contribution in [2.24, 2.45) is 0 Å². The summed E-state index contributed by atoms with van der Waals surface area (Å²) in [5.74, 6) is -0.149. The lowest BCUT2D eigenvalue weighted by molar-refractivity contribution is 0.619. The van der Waals surface area contributed by atoms with Crippen LogP contribution >= 0.6 is 0 Å². The number of rotatable bonds is 2. The van der Waals surface area contributed by atoms with Crippen LogP contribution in [0.1, 0.15) is 26.3 Å². The van der Waals surface area contributed by atoms with Crippen molar-refractivity contribution >= 4 is 10.9 Å². The molecule has 17 heavy (non-hydrogen) atoms. The van der Waals surface area contributed by atoms with Gasteiger partial charge in [-0.05, 0) is 37.6 Å². The third-order valence-corrected chi connectivity index (χ3v) is 2.49. The van der Waals surface area contributed by atoms with E-state index in [9.17, 15) is 4.39 Å². The van der Waals surface area contributed by atoms with Crippen LogP contribution in [0.3, 0.4) is 0 Å². The maximum atomic E-state index is 13.4.